The van der Waals surface area contributed by atoms with E-state index >= 15 is 0 Å². The van der Waals surface area contributed by atoms with E-state index in [4.69, 9.17) is 4.98 Å². The molecule has 2 aliphatic carbocycles. The average molecular weight is 550 g/mol. The SMILES string of the molecule is Cc1cccc(NC(=O)CSc2nc3c(c(=O)n2CCc2ccccc2)C2(CCCCC2)Cc2ccccc2-3)c1. The minimum atomic E-state index is -0.160. The van der Waals surface area contributed by atoms with Gasteiger partial charge in [0.1, 0.15) is 0 Å². The van der Waals surface area contributed by atoms with E-state index < -0.39 is 0 Å². The van der Waals surface area contributed by atoms with Gasteiger partial charge in [0.2, 0.25) is 5.91 Å². The maximum Gasteiger partial charge on any atom is 0.258 e. The lowest BCUT2D eigenvalue weighted by atomic mass is 9.62. The van der Waals surface area contributed by atoms with Gasteiger partial charge >= 0.3 is 0 Å². The summed E-state index contributed by atoms with van der Waals surface area (Å²) < 4.78 is 1.85. The fourth-order valence-electron chi connectivity index (χ4n) is 6.46. The molecule has 3 aromatic carbocycles. The highest BCUT2D eigenvalue weighted by Crippen LogP contribution is 2.48. The molecule has 1 spiro atoms. The summed E-state index contributed by atoms with van der Waals surface area (Å²) >= 11 is 1.35. The Kier molecular flexibility index (Phi) is 7.61. The van der Waals surface area contributed by atoms with Gasteiger partial charge in [0.05, 0.1) is 17.0 Å². The molecule has 1 N–H and O–H groups in total. The Bertz CT molecular complexity index is 1590. The maximum atomic E-state index is 14.5. The van der Waals surface area contributed by atoms with Gasteiger partial charge in [-0.2, -0.15) is 0 Å². The molecule has 0 unspecified atom stereocenters. The molecule has 0 aliphatic heterocycles. The number of nitrogens with one attached hydrogen (secondary N) is 1. The zero-order chi connectivity index (χ0) is 27.5. The highest BCUT2D eigenvalue weighted by molar-refractivity contribution is 7.99. The summed E-state index contributed by atoms with van der Waals surface area (Å²) in [6.07, 6.45) is 7.18. The van der Waals surface area contributed by atoms with Gasteiger partial charge < -0.3 is 5.32 Å². The highest BCUT2D eigenvalue weighted by atomic mass is 32.2. The van der Waals surface area contributed by atoms with Gasteiger partial charge in [0, 0.05) is 23.2 Å². The molecular formula is C34H35N3O2S. The lowest BCUT2D eigenvalue weighted by molar-refractivity contribution is -0.113. The lowest BCUT2D eigenvalue weighted by Gasteiger charge is -2.42. The summed E-state index contributed by atoms with van der Waals surface area (Å²) in [5, 5.41) is 3.61. The standard InChI is InChI=1S/C34H35N3O2S/c1-24-11-10-15-27(21-24)35-29(38)23-40-33-36-31-28-16-7-6-14-26(28)22-34(18-8-3-9-19-34)30(31)32(39)37(33)20-17-25-12-4-2-5-13-25/h2,4-7,10-16,21H,3,8-9,17-20,22-23H2,1H3,(H,35,38). The van der Waals surface area contributed by atoms with Crippen LogP contribution in [0.15, 0.2) is 88.8 Å². The van der Waals surface area contributed by atoms with Crippen molar-refractivity contribution in [1.82, 2.24) is 9.55 Å². The number of thioether (sulfide) groups is 1. The summed E-state index contributed by atoms with van der Waals surface area (Å²) in [6, 6.07) is 26.5. The van der Waals surface area contributed by atoms with E-state index in [0.717, 1.165) is 66.6 Å². The third-order valence-electron chi connectivity index (χ3n) is 8.38. The van der Waals surface area contributed by atoms with Crippen molar-refractivity contribution in [1.29, 1.82) is 0 Å². The molecule has 5 nitrogen and oxygen atoms in total. The molecule has 1 fully saturated rings. The summed E-state index contributed by atoms with van der Waals surface area (Å²) in [6.45, 7) is 2.53. The summed E-state index contributed by atoms with van der Waals surface area (Å²) in [5.41, 5.74) is 7.01. The second-order valence-electron chi connectivity index (χ2n) is 11.2. The van der Waals surface area contributed by atoms with Crippen LogP contribution in [0.5, 0.6) is 0 Å². The lowest BCUT2D eigenvalue weighted by Crippen LogP contribution is -2.43. The second-order valence-corrected chi connectivity index (χ2v) is 12.1. The monoisotopic (exact) mass is 549 g/mol. The Morgan fingerprint density at radius 3 is 2.55 bits per heavy atom. The number of amides is 1. The number of carbonyl (C=O) groups excluding carboxylic acids is 1. The first-order valence-corrected chi connectivity index (χ1v) is 15.3. The van der Waals surface area contributed by atoms with Crippen molar-refractivity contribution in [3.63, 3.8) is 0 Å². The number of benzene rings is 3. The van der Waals surface area contributed by atoms with E-state index in [1.54, 1.807) is 0 Å². The molecule has 6 rings (SSSR count). The number of aryl methyl sites for hydroxylation is 2. The van der Waals surface area contributed by atoms with Crippen LogP contribution in [0.4, 0.5) is 5.69 Å². The smallest absolute Gasteiger partial charge is 0.258 e. The molecule has 6 heteroatoms. The van der Waals surface area contributed by atoms with Crippen LogP contribution in [0.25, 0.3) is 11.3 Å². The molecule has 0 radical (unpaired) electrons. The number of anilines is 1. The number of hydrogen-bond acceptors (Lipinski definition) is 4. The van der Waals surface area contributed by atoms with Crippen LogP contribution in [0.1, 0.15) is 54.4 Å². The van der Waals surface area contributed by atoms with Gasteiger partial charge in [0.25, 0.3) is 5.56 Å². The molecule has 4 aromatic rings. The number of fused-ring (bicyclic) bond motifs is 4. The summed E-state index contributed by atoms with van der Waals surface area (Å²) in [7, 11) is 0. The van der Waals surface area contributed by atoms with Crippen LogP contribution in [0, 0.1) is 6.92 Å². The zero-order valence-electron chi connectivity index (χ0n) is 23.0. The number of nitrogens with zero attached hydrogens (tertiary/aromatic N) is 2. The van der Waals surface area contributed by atoms with E-state index in [1.807, 2.05) is 60.0 Å². The van der Waals surface area contributed by atoms with Crippen LogP contribution in [0.2, 0.25) is 0 Å². The Morgan fingerprint density at radius 1 is 0.975 bits per heavy atom. The topological polar surface area (TPSA) is 64.0 Å². The van der Waals surface area contributed by atoms with Crippen molar-refractivity contribution in [2.75, 3.05) is 11.1 Å². The van der Waals surface area contributed by atoms with Gasteiger partial charge in [-0.15, -0.1) is 0 Å². The zero-order valence-corrected chi connectivity index (χ0v) is 23.8. The number of aromatic nitrogens is 2. The van der Waals surface area contributed by atoms with Crippen LogP contribution >= 0.6 is 11.8 Å². The van der Waals surface area contributed by atoms with Crippen molar-refractivity contribution in [3.05, 3.63) is 111 Å². The third kappa shape index (κ3) is 5.37. The Balaban J connectivity index is 1.39. The molecule has 1 saturated carbocycles. The van der Waals surface area contributed by atoms with Crippen molar-refractivity contribution in [3.8, 4) is 11.3 Å². The van der Waals surface area contributed by atoms with Crippen LogP contribution in [-0.4, -0.2) is 21.2 Å². The van der Waals surface area contributed by atoms with Crippen molar-refractivity contribution in [2.45, 2.75) is 69.0 Å². The molecule has 0 atom stereocenters. The van der Waals surface area contributed by atoms with Gasteiger partial charge in [0.15, 0.2) is 5.16 Å². The summed E-state index contributed by atoms with van der Waals surface area (Å²) in [4.78, 5) is 32.7. The maximum absolute atomic E-state index is 14.5. The first-order valence-electron chi connectivity index (χ1n) is 14.3. The van der Waals surface area contributed by atoms with Crippen molar-refractivity contribution >= 4 is 23.4 Å². The third-order valence-corrected chi connectivity index (χ3v) is 9.35. The molecule has 40 heavy (non-hydrogen) atoms. The van der Waals surface area contributed by atoms with Crippen molar-refractivity contribution < 1.29 is 4.79 Å². The summed E-state index contributed by atoms with van der Waals surface area (Å²) in [5.74, 6) is 0.0680. The minimum Gasteiger partial charge on any atom is -0.325 e. The number of rotatable bonds is 7. The molecule has 2 aliphatic rings. The first kappa shape index (κ1) is 26.6. The fraction of sp³-hybridized carbons (Fsp3) is 0.324. The van der Waals surface area contributed by atoms with Crippen LogP contribution in [0.3, 0.4) is 0 Å². The predicted molar refractivity (Wildman–Crippen MR) is 163 cm³/mol. The number of carbonyl (C=O) groups is 1. The molecule has 204 valence electrons. The Morgan fingerprint density at radius 2 is 1.75 bits per heavy atom. The highest BCUT2D eigenvalue weighted by Gasteiger charge is 2.43. The molecule has 1 amide bonds. The Hall–Kier alpha value is -3.64. The van der Waals surface area contributed by atoms with Gasteiger partial charge in [-0.05, 0) is 61.4 Å². The molecular weight excluding hydrogens is 514 g/mol. The van der Waals surface area contributed by atoms with E-state index in [-0.39, 0.29) is 22.6 Å². The molecule has 0 saturated heterocycles. The predicted octanol–water partition coefficient (Wildman–Crippen LogP) is 6.95. The minimum absolute atomic E-state index is 0.0685. The van der Waals surface area contributed by atoms with Gasteiger partial charge in [-0.1, -0.05) is 97.8 Å². The van der Waals surface area contributed by atoms with E-state index in [1.165, 1.54) is 29.3 Å². The molecule has 1 aromatic heterocycles. The largest absolute Gasteiger partial charge is 0.325 e. The Labute approximate surface area is 240 Å². The molecule has 0 bridgehead atoms. The van der Waals surface area contributed by atoms with Crippen LogP contribution in [-0.2, 0) is 29.6 Å². The van der Waals surface area contributed by atoms with Gasteiger partial charge in [-0.3, -0.25) is 14.2 Å². The average Bonchev–Trinajstić information content (AvgIpc) is 2.96. The van der Waals surface area contributed by atoms with Gasteiger partial charge in [-0.25, -0.2) is 4.98 Å². The fourth-order valence-corrected chi connectivity index (χ4v) is 7.28. The van der Waals surface area contributed by atoms with Crippen molar-refractivity contribution in [2.24, 2.45) is 0 Å². The van der Waals surface area contributed by atoms with Crippen LogP contribution < -0.4 is 10.9 Å². The quantitative estimate of drug-likeness (QED) is 0.200. The first-order chi connectivity index (χ1) is 19.5. The van der Waals surface area contributed by atoms with E-state index in [9.17, 15) is 9.59 Å². The van der Waals surface area contributed by atoms with E-state index in [2.05, 4.69) is 35.6 Å². The second kappa shape index (κ2) is 11.5. The normalized spacial score (nSPS) is 15.3. The van der Waals surface area contributed by atoms with E-state index in [0.29, 0.717) is 11.7 Å². The number of hydrogen-bond donors (Lipinski definition) is 1. The molecule has 1 heterocycles.